The molecule has 3 heteroatoms. The summed E-state index contributed by atoms with van der Waals surface area (Å²) in [7, 11) is 0. The number of carbonyl (C=O) groups excluding carboxylic acids is 1. The van der Waals surface area contributed by atoms with Gasteiger partial charge >= 0.3 is 0 Å². The average Bonchev–Trinajstić information content (AvgIpc) is 2.75. The van der Waals surface area contributed by atoms with E-state index >= 15 is 0 Å². The van der Waals surface area contributed by atoms with Crippen LogP contribution in [0, 0.1) is 0 Å². The van der Waals surface area contributed by atoms with Crippen molar-refractivity contribution in [3.63, 3.8) is 0 Å². The summed E-state index contributed by atoms with van der Waals surface area (Å²) < 4.78 is 0. The number of hydrogen-bond donors (Lipinski definition) is 2. The summed E-state index contributed by atoms with van der Waals surface area (Å²) in [5, 5.41) is 4.04. The molecule has 0 aliphatic rings. The Labute approximate surface area is 101 Å². The molecule has 88 valence electrons. The van der Waals surface area contributed by atoms with E-state index in [9.17, 15) is 4.79 Å². The van der Waals surface area contributed by atoms with Gasteiger partial charge in [0.05, 0.1) is 0 Å². The third-order valence-corrected chi connectivity index (χ3v) is 2.71. The van der Waals surface area contributed by atoms with Gasteiger partial charge in [0.2, 0.25) is 0 Å². The van der Waals surface area contributed by atoms with Gasteiger partial charge in [-0.2, -0.15) is 0 Å². The van der Waals surface area contributed by atoms with E-state index in [2.05, 4.69) is 16.9 Å². The Hall–Kier alpha value is -2.03. The fourth-order valence-corrected chi connectivity index (χ4v) is 1.81. The van der Waals surface area contributed by atoms with E-state index in [-0.39, 0.29) is 11.9 Å². The molecule has 2 rings (SSSR count). The predicted octanol–water partition coefficient (Wildman–Crippen LogP) is 2.86. The molecule has 1 aromatic heterocycles. The van der Waals surface area contributed by atoms with E-state index < -0.39 is 0 Å². The smallest absolute Gasteiger partial charge is 0.251 e. The summed E-state index contributed by atoms with van der Waals surface area (Å²) in [6, 6.07) is 7.74. The number of benzene rings is 1. The third-order valence-electron chi connectivity index (χ3n) is 2.71. The van der Waals surface area contributed by atoms with Gasteiger partial charge in [-0.05, 0) is 36.9 Å². The Balaban J connectivity index is 2.15. The number of nitrogens with one attached hydrogen (secondary N) is 2. The Kier molecular flexibility index (Phi) is 3.28. The van der Waals surface area contributed by atoms with Crippen molar-refractivity contribution >= 4 is 16.8 Å². The standard InChI is InChI=1S/C14H16N2O/c1-3-4-10(2)16-14(17)12-6-5-11-7-8-15-13(11)9-12/h3,5-10,15H,1,4H2,2H3,(H,16,17). The van der Waals surface area contributed by atoms with Gasteiger partial charge in [0, 0.05) is 23.3 Å². The molecule has 1 heterocycles. The largest absolute Gasteiger partial charge is 0.361 e. The maximum atomic E-state index is 11.9. The molecule has 0 saturated carbocycles. The maximum Gasteiger partial charge on any atom is 0.251 e. The fourth-order valence-electron chi connectivity index (χ4n) is 1.81. The summed E-state index contributed by atoms with van der Waals surface area (Å²) in [6.45, 7) is 5.62. The molecule has 0 aliphatic heterocycles. The third kappa shape index (κ3) is 2.56. The summed E-state index contributed by atoms with van der Waals surface area (Å²) in [4.78, 5) is 15.0. The summed E-state index contributed by atoms with van der Waals surface area (Å²) in [5.74, 6) is -0.0455. The van der Waals surface area contributed by atoms with Gasteiger partial charge in [0.15, 0.2) is 0 Å². The van der Waals surface area contributed by atoms with Crippen molar-refractivity contribution in [3.8, 4) is 0 Å². The first-order valence-corrected chi connectivity index (χ1v) is 5.69. The molecule has 2 aromatic rings. The van der Waals surface area contributed by atoms with Crippen molar-refractivity contribution in [3.05, 3.63) is 48.7 Å². The number of carbonyl (C=O) groups is 1. The highest BCUT2D eigenvalue weighted by molar-refractivity contribution is 5.98. The van der Waals surface area contributed by atoms with Gasteiger partial charge in [-0.15, -0.1) is 6.58 Å². The highest BCUT2D eigenvalue weighted by Crippen LogP contribution is 2.14. The number of aromatic amines is 1. The number of H-pyrrole nitrogens is 1. The zero-order chi connectivity index (χ0) is 12.3. The van der Waals surface area contributed by atoms with Crippen LogP contribution in [0.5, 0.6) is 0 Å². The van der Waals surface area contributed by atoms with Crippen molar-refractivity contribution < 1.29 is 4.79 Å². The minimum atomic E-state index is -0.0455. The molecule has 1 atom stereocenters. The Morgan fingerprint density at radius 2 is 2.35 bits per heavy atom. The molecule has 0 radical (unpaired) electrons. The van der Waals surface area contributed by atoms with Gasteiger partial charge in [0.25, 0.3) is 5.91 Å². The Bertz CT molecular complexity index is 542. The highest BCUT2D eigenvalue weighted by Gasteiger charge is 2.09. The fraction of sp³-hybridized carbons (Fsp3) is 0.214. The lowest BCUT2D eigenvalue weighted by molar-refractivity contribution is 0.0940. The number of hydrogen-bond acceptors (Lipinski definition) is 1. The topological polar surface area (TPSA) is 44.9 Å². The normalized spacial score (nSPS) is 12.3. The molecule has 1 aromatic carbocycles. The van der Waals surface area contributed by atoms with Crippen LogP contribution in [-0.2, 0) is 0 Å². The van der Waals surface area contributed by atoms with E-state index in [1.54, 1.807) is 6.08 Å². The van der Waals surface area contributed by atoms with E-state index in [0.29, 0.717) is 5.56 Å². The zero-order valence-corrected chi connectivity index (χ0v) is 9.86. The van der Waals surface area contributed by atoms with Gasteiger partial charge in [-0.1, -0.05) is 12.1 Å². The van der Waals surface area contributed by atoms with E-state index in [1.165, 1.54) is 0 Å². The van der Waals surface area contributed by atoms with Gasteiger partial charge in [-0.25, -0.2) is 0 Å². The van der Waals surface area contributed by atoms with E-state index in [4.69, 9.17) is 0 Å². The lowest BCUT2D eigenvalue weighted by atomic mass is 10.1. The number of rotatable bonds is 4. The SMILES string of the molecule is C=CCC(C)NC(=O)c1ccc2cc[nH]c2c1. The second-order valence-corrected chi connectivity index (χ2v) is 4.18. The number of aromatic nitrogens is 1. The Morgan fingerprint density at radius 3 is 3.12 bits per heavy atom. The van der Waals surface area contributed by atoms with Crippen LogP contribution in [0.1, 0.15) is 23.7 Å². The van der Waals surface area contributed by atoms with Gasteiger partial charge in [-0.3, -0.25) is 4.79 Å². The molecule has 1 amide bonds. The van der Waals surface area contributed by atoms with Gasteiger partial charge < -0.3 is 10.3 Å². The van der Waals surface area contributed by atoms with Crippen molar-refractivity contribution in [2.45, 2.75) is 19.4 Å². The van der Waals surface area contributed by atoms with Crippen LogP contribution in [0.4, 0.5) is 0 Å². The molecule has 0 saturated heterocycles. The summed E-state index contributed by atoms with van der Waals surface area (Å²) in [5.41, 5.74) is 1.66. The molecule has 17 heavy (non-hydrogen) atoms. The number of fused-ring (bicyclic) bond motifs is 1. The monoisotopic (exact) mass is 228 g/mol. The van der Waals surface area contributed by atoms with Crippen molar-refractivity contribution in [2.24, 2.45) is 0 Å². The van der Waals surface area contributed by atoms with Crippen LogP contribution in [0.3, 0.4) is 0 Å². The quantitative estimate of drug-likeness (QED) is 0.776. The predicted molar refractivity (Wildman–Crippen MR) is 70.0 cm³/mol. The first-order valence-electron chi connectivity index (χ1n) is 5.69. The molecular formula is C14H16N2O. The summed E-state index contributed by atoms with van der Waals surface area (Å²) >= 11 is 0. The van der Waals surface area contributed by atoms with Crippen LogP contribution >= 0.6 is 0 Å². The second kappa shape index (κ2) is 4.87. The van der Waals surface area contributed by atoms with Crippen molar-refractivity contribution in [2.75, 3.05) is 0 Å². The molecule has 0 aliphatic carbocycles. The van der Waals surface area contributed by atoms with E-state index in [0.717, 1.165) is 17.3 Å². The average molecular weight is 228 g/mol. The highest BCUT2D eigenvalue weighted by atomic mass is 16.1. The van der Waals surface area contributed by atoms with Crippen LogP contribution < -0.4 is 5.32 Å². The first-order chi connectivity index (χ1) is 8.20. The Morgan fingerprint density at radius 1 is 1.53 bits per heavy atom. The van der Waals surface area contributed by atoms with Crippen molar-refractivity contribution in [1.29, 1.82) is 0 Å². The molecule has 0 spiro atoms. The van der Waals surface area contributed by atoms with Crippen molar-refractivity contribution in [1.82, 2.24) is 10.3 Å². The molecule has 0 fully saturated rings. The molecule has 1 unspecified atom stereocenters. The maximum absolute atomic E-state index is 11.9. The zero-order valence-electron chi connectivity index (χ0n) is 9.86. The molecular weight excluding hydrogens is 212 g/mol. The van der Waals surface area contributed by atoms with Crippen LogP contribution in [0.15, 0.2) is 43.1 Å². The van der Waals surface area contributed by atoms with E-state index in [1.807, 2.05) is 37.4 Å². The van der Waals surface area contributed by atoms with Crippen LogP contribution in [0.2, 0.25) is 0 Å². The van der Waals surface area contributed by atoms with Crippen LogP contribution in [0.25, 0.3) is 10.9 Å². The van der Waals surface area contributed by atoms with Crippen LogP contribution in [-0.4, -0.2) is 16.9 Å². The molecule has 3 nitrogen and oxygen atoms in total. The molecule has 0 bridgehead atoms. The number of amides is 1. The first kappa shape index (κ1) is 11.5. The molecule has 2 N–H and O–H groups in total. The second-order valence-electron chi connectivity index (χ2n) is 4.18. The minimum absolute atomic E-state index is 0.0455. The lowest BCUT2D eigenvalue weighted by Gasteiger charge is -2.11. The minimum Gasteiger partial charge on any atom is -0.361 e. The summed E-state index contributed by atoms with van der Waals surface area (Å²) in [6.07, 6.45) is 4.45. The van der Waals surface area contributed by atoms with Gasteiger partial charge in [0.1, 0.15) is 0 Å². The lowest BCUT2D eigenvalue weighted by Crippen LogP contribution is -2.32.